The van der Waals surface area contributed by atoms with Crippen LogP contribution >= 0.6 is 0 Å². The molecule has 0 radical (unpaired) electrons. The van der Waals surface area contributed by atoms with Crippen molar-refractivity contribution in [1.82, 2.24) is 16.0 Å². The fourth-order valence-electron chi connectivity index (χ4n) is 2.06. The van der Waals surface area contributed by atoms with E-state index in [0.29, 0.717) is 19.6 Å². The van der Waals surface area contributed by atoms with E-state index in [2.05, 4.69) is 22.9 Å². The highest BCUT2D eigenvalue weighted by Crippen LogP contribution is 2.00. The van der Waals surface area contributed by atoms with Gasteiger partial charge in [0.2, 0.25) is 11.8 Å². The zero-order chi connectivity index (χ0) is 20.9. The van der Waals surface area contributed by atoms with Crippen molar-refractivity contribution < 1.29 is 23.9 Å². The number of hydrogen-bond acceptors (Lipinski definition) is 6. The number of ether oxygens (including phenoxy) is 2. The molecule has 2 amide bonds. The molecule has 0 saturated heterocycles. The minimum atomic E-state index is -0.186. The van der Waals surface area contributed by atoms with Crippen LogP contribution in [0.2, 0.25) is 0 Å². The first-order valence-corrected chi connectivity index (χ1v) is 9.67. The predicted molar refractivity (Wildman–Crippen MR) is 134 cm³/mol. The Hall–Kier alpha value is -1.51. The van der Waals surface area contributed by atoms with Crippen LogP contribution in [0.5, 0.6) is 0 Å². The van der Waals surface area contributed by atoms with Gasteiger partial charge in [-0.1, -0.05) is 43.1 Å². The number of unbranched alkanes of at least 4 members (excludes halogenated alkanes) is 2. The number of rotatable bonds is 15. The molecule has 0 spiro atoms. The van der Waals surface area contributed by atoms with Gasteiger partial charge in [0.05, 0.1) is 12.6 Å². The van der Waals surface area contributed by atoms with Crippen LogP contribution in [0.15, 0.2) is 0 Å². The molecular weight excluding hydrogens is 398 g/mol. The third-order valence-corrected chi connectivity index (χ3v) is 3.47. The Kier molecular flexibility index (Phi) is 46.4. The SMILES string of the molecule is C.C.C.C.CCC(COC)NC(=O)CCCCCNC.CCNC(=O)COCC(C)=O. The first-order chi connectivity index (χ1) is 12.9. The van der Waals surface area contributed by atoms with Gasteiger partial charge in [0.25, 0.3) is 0 Å². The van der Waals surface area contributed by atoms with Crippen molar-refractivity contribution in [3.8, 4) is 0 Å². The van der Waals surface area contributed by atoms with E-state index in [1.54, 1.807) is 7.11 Å². The monoisotopic (exact) mass is 453 g/mol. The lowest BCUT2D eigenvalue weighted by Crippen LogP contribution is -2.37. The van der Waals surface area contributed by atoms with Gasteiger partial charge in [0, 0.05) is 20.1 Å². The molecule has 0 aromatic rings. The number of carbonyl (C=O) groups is 3. The Morgan fingerprint density at radius 2 is 1.52 bits per heavy atom. The zero-order valence-electron chi connectivity index (χ0n) is 17.7. The maximum absolute atomic E-state index is 11.5. The highest BCUT2D eigenvalue weighted by Gasteiger charge is 2.09. The molecule has 1 atom stereocenters. The summed E-state index contributed by atoms with van der Waals surface area (Å²) in [6.45, 7) is 7.48. The number of Topliss-reactive ketones (excluding diaryl/α,β-unsaturated/α-hetero) is 1. The van der Waals surface area contributed by atoms with Crippen molar-refractivity contribution in [2.24, 2.45) is 0 Å². The Balaban J connectivity index is -0.0000000937. The Morgan fingerprint density at radius 3 is 1.97 bits per heavy atom. The summed E-state index contributed by atoms with van der Waals surface area (Å²) in [4.78, 5) is 32.5. The molecule has 0 aromatic carbocycles. The number of hydrogen-bond donors (Lipinski definition) is 3. The minimum Gasteiger partial charge on any atom is -0.383 e. The molecule has 31 heavy (non-hydrogen) atoms. The van der Waals surface area contributed by atoms with E-state index in [-0.39, 0.29) is 66.6 Å². The molecule has 0 heterocycles. The molecule has 0 aliphatic rings. The molecule has 0 fully saturated rings. The van der Waals surface area contributed by atoms with Crippen LogP contribution in [0, 0.1) is 0 Å². The van der Waals surface area contributed by atoms with Crippen molar-refractivity contribution in [2.75, 3.05) is 47.1 Å². The van der Waals surface area contributed by atoms with Crippen LogP contribution in [-0.2, 0) is 23.9 Å². The Morgan fingerprint density at radius 1 is 0.903 bits per heavy atom. The molecule has 3 N–H and O–H groups in total. The minimum absolute atomic E-state index is 0. The van der Waals surface area contributed by atoms with E-state index in [0.717, 1.165) is 32.2 Å². The van der Waals surface area contributed by atoms with Crippen LogP contribution in [0.25, 0.3) is 0 Å². The molecule has 8 nitrogen and oxygen atoms in total. The third-order valence-electron chi connectivity index (χ3n) is 3.47. The second-order valence-electron chi connectivity index (χ2n) is 6.19. The van der Waals surface area contributed by atoms with Gasteiger partial charge in [-0.3, -0.25) is 14.4 Å². The molecule has 0 rings (SSSR count). The van der Waals surface area contributed by atoms with Crippen molar-refractivity contribution in [1.29, 1.82) is 0 Å². The van der Waals surface area contributed by atoms with Crippen molar-refractivity contribution >= 4 is 17.6 Å². The van der Waals surface area contributed by atoms with Gasteiger partial charge in [-0.15, -0.1) is 0 Å². The van der Waals surface area contributed by atoms with E-state index in [9.17, 15) is 14.4 Å². The van der Waals surface area contributed by atoms with Crippen LogP contribution in [0.3, 0.4) is 0 Å². The number of likely N-dealkylation sites (N-methyl/N-ethyl adjacent to an activating group) is 1. The maximum Gasteiger partial charge on any atom is 0.246 e. The van der Waals surface area contributed by atoms with Crippen LogP contribution in [0.4, 0.5) is 0 Å². The highest BCUT2D eigenvalue weighted by atomic mass is 16.5. The molecule has 0 aliphatic heterocycles. The lowest BCUT2D eigenvalue weighted by molar-refractivity contribution is -0.129. The van der Waals surface area contributed by atoms with Gasteiger partial charge in [0.1, 0.15) is 13.2 Å². The first-order valence-electron chi connectivity index (χ1n) is 9.67. The van der Waals surface area contributed by atoms with Crippen molar-refractivity contribution in [3.05, 3.63) is 0 Å². The van der Waals surface area contributed by atoms with Crippen molar-refractivity contribution in [3.63, 3.8) is 0 Å². The number of methoxy groups -OCH3 is 1. The van der Waals surface area contributed by atoms with Gasteiger partial charge >= 0.3 is 0 Å². The van der Waals surface area contributed by atoms with Gasteiger partial charge in [0.15, 0.2) is 5.78 Å². The third kappa shape index (κ3) is 36.2. The predicted octanol–water partition coefficient (Wildman–Crippen LogP) is 3.58. The molecule has 8 heteroatoms. The normalized spacial score (nSPS) is 9.71. The summed E-state index contributed by atoms with van der Waals surface area (Å²) in [5.74, 6) is -0.114. The second-order valence-corrected chi connectivity index (χ2v) is 6.19. The number of ketones is 1. The van der Waals surface area contributed by atoms with E-state index >= 15 is 0 Å². The van der Waals surface area contributed by atoms with E-state index in [1.807, 2.05) is 14.0 Å². The molecule has 0 bridgehead atoms. The average molecular weight is 454 g/mol. The van der Waals surface area contributed by atoms with Crippen LogP contribution in [-0.4, -0.2) is 70.7 Å². The largest absolute Gasteiger partial charge is 0.383 e. The van der Waals surface area contributed by atoms with E-state index in [4.69, 9.17) is 9.47 Å². The summed E-state index contributed by atoms with van der Waals surface area (Å²) < 4.78 is 9.78. The number of amides is 2. The maximum atomic E-state index is 11.5. The average Bonchev–Trinajstić information content (AvgIpc) is 2.61. The van der Waals surface area contributed by atoms with Crippen molar-refractivity contribution in [2.45, 2.75) is 88.6 Å². The van der Waals surface area contributed by atoms with E-state index in [1.165, 1.54) is 6.92 Å². The van der Waals surface area contributed by atoms with E-state index < -0.39 is 0 Å². The fourth-order valence-corrected chi connectivity index (χ4v) is 2.06. The standard InChI is InChI=1S/C12H26N2O2.C7H13NO3.4CH4/c1-4-11(10-16-3)14-12(15)8-6-5-7-9-13-2;1-3-8-7(10)5-11-4-6(2)9;;;;/h11,13H,4-10H2,1-3H3,(H,14,15);3-5H2,1-2H3,(H,8,10);4*1H4. The zero-order valence-corrected chi connectivity index (χ0v) is 17.7. The summed E-state index contributed by atoms with van der Waals surface area (Å²) in [6, 6.07) is 0.162. The number of nitrogens with one attached hydrogen (secondary N) is 3. The van der Waals surface area contributed by atoms with Crippen LogP contribution < -0.4 is 16.0 Å². The first kappa shape index (κ1) is 43.4. The second kappa shape index (κ2) is 33.1. The molecule has 0 aliphatic carbocycles. The molecule has 192 valence electrons. The van der Waals surface area contributed by atoms with Gasteiger partial charge < -0.3 is 25.4 Å². The summed E-state index contributed by atoms with van der Waals surface area (Å²) >= 11 is 0. The summed E-state index contributed by atoms with van der Waals surface area (Å²) in [5.41, 5.74) is 0. The fraction of sp³-hybridized carbons (Fsp3) is 0.870. The smallest absolute Gasteiger partial charge is 0.246 e. The summed E-state index contributed by atoms with van der Waals surface area (Å²) in [5, 5.41) is 8.62. The van der Waals surface area contributed by atoms with Crippen LogP contribution in [0.1, 0.15) is 82.6 Å². The number of carbonyl (C=O) groups excluding carboxylic acids is 3. The quantitative estimate of drug-likeness (QED) is 0.327. The van der Waals surface area contributed by atoms with Gasteiger partial charge in [-0.05, 0) is 46.7 Å². The molecular formula is C23H55N3O5. The Bertz CT molecular complexity index is 393. The Labute approximate surface area is 193 Å². The summed E-state index contributed by atoms with van der Waals surface area (Å²) in [6.07, 6.45) is 4.76. The van der Waals surface area contributed by atoms with Gasteiger partial charge in [-0.2, -0.15) is 0 Å². The highest BCUT2D eigenvalue weighted by molar-refractivity contribution is 5.79. The topological polar surface area (TPSA) is 106 Å². The lowest BCUT2D eigenvalue weighted by atomic mass is 10.1. The van der Waals surface area contributed by atoms with Gasteiger partial charge in [-0.25, -0.2) is 0 Å². The molecule has 0 aromatic heterocycles. The lowest BCUT2D eigenvalue weighted by Gasteiger charge is -2.15. The molecule has 1 unspecified atom stereocenters. The summed E-state index contributed by atoms with van der Waals surface area (Å²) in [7, 11) is 3.61. The molecule has 0 saturated carbocycles.